The number of phenols is 1. The van der Waals surface area contributed by atoms with Crippen molar-refractivity contribution in [2.45, 2.75) is 6.42 Å². The number of rotatable bonds is 4. The summed E-state index contributed by atoms with van der Waals surface area (Å²) in [5, 5.41) is 15.3. The lowest BCUT2D eigenvalue weighted by Gasteiger charge is -2.04. The smallest absolute Gasteiger partial charge is 0.217 e. The maximum atomic E-state index is 12.5. The first-order valence-electron chi connectivity index (χ1n) is 8.13. The summed E-state index contributed by atoms with van der Waals surface area (Å²) in [6, 6.07) is 12.7. The maximum absolute atomic E-state index is 12.5. The molecule has 0 saturated carbocycles. The number of phenolic OH excluding ortho intramolecular Hbond substituents is 1. The lowest BCUT2D eigenvalue weighted by Crippen LogP contribution is -2.04. The molecule has 0 saturated heterocycles. The van der Waals surface area contributed by atoms with Gasteiger partial charge in [-0.2, -0.15) is 5.10 Å². The Balaban J connectivity index is 1.81. The Hall–Kier alpha value is -3.67. The van der Waals surface area contributed by atoms with Crippen molar-refractivity contribution in [3.8, 4) is 5.75 Å². The molecule has 26 heavy (non-hydrogen) atoms. The number of imidazole rings is 1. The molecule has 6 nitrogen and oxygen atoms in total. The van der Waals surface area contributed by atoms with Gasteiger partial charge in [-0.25, -0.2) is 9.66 Å². The zero-order valence-electron chi connectivity index (χ0n) is 13.9. The fraction of sp³-hybridized carbons (Fsp3) is 0.0500. The van der Waals surface area contributed by atoms with Gasteiger partial charge in [0, 0.05) is 10.9 Å². The molecule has 128 valence electrons. The van der Waals surface area contributed by atoms with Crippen LogP contribution in [0.15, 0.2) is 71.3 Å². The number of aromatic amines is 1. The van der Waals surface area contributed by atoms with Crippen LogP contribution in [0.1, 0.15) is 11.1 Å². The van der Waals surface area contributed by atoms with Crippen LogP contribution < -0.4 is 5.43 Å². The highest BCUT2D eigenvalue weighted by molar-refractivity contribution is 5.89. The molecule has 0 unspecified atom stereocenters. The Morgan fingerprint density at radius 1 is 1.23 bits per heavy atom. The number of hydrogen-bond acceptors (Lipinski definition) is 4. The molecule has 2 aromatic heterocycles. The third kappa shape index (κ3) is 2.57. The van der Waals surface area contributed by atoms with Gasteiger partial charge in [0.1, 0.15) is 12.1 Å². The van der Waals surface area contributed by atoms with E-state index in [1.165, 1.54) is 17.2 Å². The highest BCUT2D eigenvalue weighted by Crippen LogP contribution is 2.22. The van der Waals surface area contributed by atoms with E-state index in [2.05, 4.69) is 21.6 Å². The van der Waals surface area contributed by atoms with Crippen LogP contribution in [0.2, 0.25) is 0 Å². The monoisotopic (exact) mass is 344 g/mol. The number of hydrogen-bond donors (Lipinski definition) is 2. The van der Waals surface area contributed by atoms with Crippen LogP contribution in [-0.4, -0.2) is 26.0 Å². The van der Waals surface area contributed by atoms with Crippen molar-refractivity contribution in [1.82, 2.24) is 14.6 Å². The Bertz CT molecular complexity index is 1220. The van der Waals surface area contributed by atoms with Crippen molar-refractivity contribution in [3.63, 3.8) is 0 Å². The van der Waals surface area contributed by atoms with Crippen molar-refractivity contribution in [3.05, 3.63) is 82.8 Å². The number of aromatic nitrogens is 3. The van der Waals surface area contributed by atoms with Gasteiger partial charge in [0.15, 0.2) is 11.2 Å². The fourth-order valence-electron chi connectivity index (χ4n) is 2.92. The summed E-state index contributed by atoms with van der Waals surface area (Å²) in [7, 11) is 0. The summed E-state index contributed by atoms with van der Waals surface area (Å²) in [6.07, 6.45) is 5.31. The zero-order valence-corrected chi connectivity index (χ0v) is 13.9. The second-order valence-electron chi connectivity index (χ2n) is 5.88. The molecular formula is C20H16N4O2. The Labute approximate surface area is 148 Å². The maximum Gasteiger partial charge on any atom is 0.217 e. The molecule has 0 aliphatic carbocycles. The number of nitrogens with one attached hydrogen (secondary N) is 1. The van der Waals surface area contributed by atoms with Gasteiger partial charge in [-0.1, -0.05) is 30.3 Å². The average molecular weight is 344 g/mol. The van der Waals surface area contributed by atoms with E-state index in [1.54, 1.807) is 18.2 Å². The predicted molar refractivity (Wildman–Crippen MR) is 103 cm³/mol. The second kappa shape index (κ2) is 6.33. The zero-order chi connectivity index (χ0) is 18.1. The molecule has 0 spiro atoms. The molecule has 4 rings (SSSR count). The van der Waals surface area contributed by atoms with E-state index in [-0.39, 0.29) is 11.2 Å². The molecule has 0 fully saturated rings. The topological polar surface area (TPSA) is 83.3 Å². The predicted octanol–water partition coefficient (Wildman–Crippen LogP) is 3.19. The molecule has 0 radical (unpaired) electrons. The van der Waals surface area contributed by atoms with Crippen LogP contribution in [0.4, 0.5) is 0 Å². The van der Waals surface area contributed by atoms with Gasteiger partial charge in [0.2, 0.25) is 5.43 Å². The summed E-state index contributed by atoms with van der Waals surface area (Å²) >= 11 is 0. The van der Waals surface area contributed by atoms with Gasteiger partial charge in [0.25, 0.3) is 0 Å². The third-order valence-electron chi connectivity index (χ3n) is 4.23. The first kappa shape index (κ1) is 15.8. The summed E-state index contributed by atoms with van der Waals surface area (Å²) < 4.78 is 1.49. The minimum absolute atomic E-state index is 0.140. The van der Waals surface area contributed by atoms with Gasteiger partial charge in [-0.3, -0.25) is 4.79 Å². The molecule has 2 heterocycles. The van der Waals surface area contributed by atoms with E-state index < -0.39 is 0 Å². The van der Waals surface area contributed by atoms with Gasteiger partial charge in [0.05, 0.1) is 11.7 Å². The quantitative estimate of drug-likeness (QED) is 0.440. The fourth-order valence-corrected chi connectivity index (χ4v) is 2.92. The molecule has 0 amide bonds. The SMILES string of the molecule is C=CCc1cccc(C=Nn2cnc3c(=O)c4ccccc4[nH]c32)c1O. The van der Waals surface area contributed by atoms with Gasteiger partial charge < -0.3 is 10.1 Å². The number of fused-ring (bicyclic) bond motifs is 2. The molecule has 0 aliphatic rings. The van der Waals surface area contributed by atoms with Crippen LogP contribution >= 0.6 is 0 Å². The van der Waals surface area contributed by atoms with E-state index in [0.717, 1.165) is 11.1 Å². The molecular weight excluding hydrogens is 328 g/mol. The van der Waals surface area contributed by atoms with Crippen molar-refractivity contribution in [1.29, 1.82) is 0 Å². The Morgan fingerprint density at radius 3 is 2.92 bits per heavy atom. The second-order valence-corrected chi connectivity index (χ2v) is 5.88. The average Bonchev–Trinajstić information content (AvgIpc) is 3.06. The van der Waals surface area contributed by atoms with Crippen LogP contribution in [-0.2, 0) is 6.42 Å². The summed E-state index contributed by atoms with van der Waals surface area (Å²) in [5.41, 5.74) is 2.77. The largest absolute Gasteiger partial charge is 0.507 e. The van der Waals surface area contributed by atoms with E-state index in [4.69, 9.17) is 0 Å². The normalized spacial score (nSPS) is 11.5. The molecule has 4 aromatic rings. The number of benzene rings is 2. The standard InChI is InChI=1S/C20H16N4O2/c1-2-6-13-7-5-8-14(18(13)25)11-22-24-12-21-17-19(26)15-9-3-4-10-16(15)23-20(17)24/h2-5,7-12,25H,1,6H2,(H,23,26). The van der Waals surface area contributed by atoms with Crippen LogP contribution in [0.25, 0.3) is 22.1 Å². The molecule has 0 bridgehead atoms. The first-order valence-corrected chi connectivity index (χ1v) is 8.13. The van der Waals surface area contributed by atoms with Crippen molar-refractivity contribution in [2.24, 2.45) is 5.10 Å². The van der Waals surface area contributed by atoms with Gasteiger partial charge >= 0.3 is 0 Å². The molecule has 0 atom stereocenters. The summed E-state index contributed by atoms with van der Waals surface area (Å²) in [4.78, 5) is 19.9. The van der Waals surface area contributed by atoms with Crippen molar-refractivity contribution in [2.75, 3.05) is 0 Å². The minimum Gasteiger partial charge on any atom is -0.507 e. The van der Waals surface area contributed by atoms with E-state index >= 15 is 0 Å². The van der Waals surface area contributed by atoms with E-state index in [9.17, 15) is 9.90 Å². The third-order valence-corrected chi connectivity index (χ3v) is 4.23. The van der Waals surface area contributed by atoms with Crippen LogP contribution in [0.5, 0.6) is 5.75 Å². The number of aromatic hydroxyl groups is 1. The minimum atomic E-state index is -0.140. The molecule has 2 aromatic carbocycles. The number of H-pyrrole nitrogens is 1. The Kier molecular flexibility index (Phi) is 3.85. The van der Waals surface area contributed by atoms with E-state index in [0.29, 0.717) is 28.5 Å². The molecule has 2 N–H and O–H groups in total. The highest BCUT2D eigenvalue weighted by Gasteiger charge is 2.10. The number of pyridine rings is 1. The number of nitrogens with zero attached hydrogens (tertiary/aromatic N) is 3. The lowest BCUT2D eigenvalue weighted by molar-refractivity contribution is 0.469. The number of allylic oxidation sites excluding steroid dienone is 1. The van der Waals surface area contributed by atoms with Crippen LogP contribution in [0, 0.1) is 0 Å². The van der Waals surface area contributed by atoms with Gasteiger partial charge in [-0.05, 0) is 30.2 Å². The number of para-hydroxylation sites is 2. The summed E-state index contributed by atoms with van der Waals surface area (Å²) in [5.74, 6) is 0.166. The molecule has 6 heteroatoms. The lowest BCUT2D eigenvalue weighted by atomic mass is 10.1. The van der Waals surface area contributed by atoms with Crippen molar-refractivity contribution >= 4 is 28.3 Å². The molecule has 0 aliphatic heterocycles. The Morgan fingerprint density at radius 2 is 2.08 bits per heavy atom. The van der Waals surface area contributed by atoms with Gasteiger partial charge in [-0.15, -0.1) is 6.58 Å². The van der Waals surface area contributed by atoms with Crippen molar-refractivity contribution < 1.29 is 5.11 Å². The highest BCUT2D eigenvalue weighted by atomic mass is 16.3. The summed E-state index contributed by atoms with van der Waals surface area (Å²) in [6.45, 7) is 3.69. The first-order chi connectivity index (χ1) is 12.7. The van der Waals surface area contributed by atoms with Crippen LogP contribution in [0.3, 0.4) is 0 Å². The van der Waals surface area contributed by atoms with E-state index in [1.807, 2.05) is 30.3 Å².